The fourth-order valence-electron chi connectivity index (χ4n) is 0.554. The van der Waals surface area contributed by atoms with Gasteiger partial charge in [0.1, 0.15) is 0 Å². The first-order chi connectivity index (χ1) is 7.14. The van der Waals surface area contributed by atoms with Crippen molar-refractivity contribution in [3.63, 3.8) is 0 Å². The number of aliphatic hydroxyl groups excluding tert-OH is 3. The smallest absolute Gasteiger partial charge is 0.665 e. The van der Waals surface area contributed by atoms with Gasteiger partial charge in [0.2, 0.25) is 0 Å². The van der Waals surface area contributed by atoms with Gasteiger partial charge in [0.05, 0.1) is 0 Å². The minimum Gasteiger partial charge on any atom is -0.665 e. The van der Waals surface area contributed by atoms with E-state index in [4.69, 9.17) is 29.7 Å². The van der Waals surface area contributed by atoms with Crippen molar-refractivity contribution in [3.8, 4) is 0 Å². The van der Waals surface area contributed by atoms with Gasteiger partial charge in [0.25, 0.3) is 0 Å². The molecule has 16 heavy (non-hydrogen) atoms. The molecule has 0 unspecified atom stereocenters. The van der Waals surface area contributed by atoms with E-state index in [9.17, 15) is 0 Å². The number of hydrogen-bond acceptors (Lipinski definition) is 3. The maximum atomic E-state index is 8.24. The molecule has 0 aromatic heterocycles. The summed E-state index contributed by atoms with van der Waals surface area (Å²) in [4.78, 5) is 24.7. The molecule has 0 saturated heterocycles. The predicted molar refractivity (Wildman–Crippen MR) is 52.5 cm³/mol. The van der Waals surface area contributed by atoms with Crippen LogP contribution in [0.15, 0.2) is 23.8 Å². The number of allylic oxidation sites excluding steroid dienone is 4. The van der Waals surface area contributed by atoms with Crippen molar-refractivity contribution in [1.82, 2.24) is 0 Å². The Bertz CT molecular complexity index is 198. The third kappa shape index (κ3) is 55.2. The van der Waals surface area contributed by atoms with Crippen LogP contribution in [0, 0.1) is 0 Å². The van der Waals surface area contributed by atoms with Crippen molar-refractivity contribution in [2.24, 2.45) is 0 Å². The molecule has 0 radical (unpaired) electrons. The molecule has 0 saturated carbocycles. The summed E-state index contributed by atoms with van der Waals surface area (Å²) in [5, 5.41) is 20.3. The van der Waals surface area contributed by atoms with E-state index >= 15 is 0 Å². The molecule has 0 aliphatic heterocycles. The van der Waals surface area contributed by atoms with Gasteiger partial charge < -0.3 is 29.7 Å². The van der Waals surface area contributed by atoms with Crippen LogP contribution in [-0.4, -0.2) is 34.7 Å². The van der Waals surface area contributed by atoms with Gasteiger partial charge in [-0.25, -0.2) is 0 Å². The van der Waals surface area contributed by atoms with Crippen molar-refractivity contribution in [1.29, 1.82) is 0 Å². The molecule has 0 heterocycles. The van der Waals surface area contributed by atoms with Crippen LogP contribution in [0.25, 0.3) is 0 Å². The van der Waals surface area contributed by atoms with Crippen LogP contribution in [0.3, 0.4) is 0 Å². The van der Waals surface area contributed by atoms with Crippen LogP contribution < -0.4 is 0 Å². The molecule has 90 valence electrons. The predicted octanol–water partition coefficient (Wildman–Crippen LogP) is 0.725. The first-order valence-corrected chi connectivity index (χ1v) is 3.50. The van der Waals surface area contributed by atoms with E-state index in [1.54, 1.807) is 0 Å². The summed E-state index contributed by atoms with van der Waals surface area (Å²) in [6, 6.07) is 0. The van der Waals surface area contributed by atoms with E-state index in [0.29, 0.717) is 19.4 Å². The minimum absolute atomic E-state index is 0. The molecule has 0 bridgehead atoms. The Kier molecular flexibility index (Phi) is 43.6. The van der Waals surface area contributed by atoms with Crippen LogP contribution in [0.2, 0.25) is 0 Å². The minimum atomic E-state index is 0. The Hall–Kier alpha value is -1.59. The van der Waals surface area contributed by atoms with Gasteiger partial charge in [-0.1, -0.05) is 43.2 Å². The van der Waals surface area contributed by atoms with E-state index < -0.39 is 0 Å². The van der Waals surface area contributed by atoms with Crippen LogP contribution in [0.5, 0.6) is 0 Å². The Balaban J connectivity index is -0.0000000637. The summed E-state index contributed by atoms with van der Waals surface area (Å²) in [6.45, 7) is 3.64. The van der Waals surface area contributed by atoms with Crippen LogP contribution in [-0.2, 0) is 31.5 Å². The Morgan fingerprint density at radius 1 is 1.06 bits per heavy atom. The molecule has 6 nitrogen and oxygen atoms in total. The van der Waals surface area contributed by atoms with E-state index in [0.717, 1.165) is 0 Å². The summed E-state index contributed by atoms with van der Waals surface area (Å²) in [7, 11) is 0. The van der Waals surface area contributed by atoms with Crippen molar-refractivity contribution >= 4 is 19.4 Å². The number of hydrogen-bond donors (Lipinski definition) is 3. The summed E-state index contributed by atoms with van der Waals surface area (Å²) >= 11 is 0. The molecule has 3 N–H and O–H groups in total. The molecule has 0 atom stereocenters. The molecule has 0 spiro atoms. The second kappa shape index (κ2) is 29.2. The van der Waals surface area contributed by atoms with Gasteiger partial charge in [-0.15, -0.1) is 0 Å². The zero-order chi connectivity index (χ0) is 12.5. The SMILES string of the molecule is CC1=CC=CC1.O=[C-]O.O=[C-]O.O=[C-]O.[Mn+3]. The Morgan fingerprint density at radius 2 is 1.38 bits per heavy atom. The van der Waals surface area contributed by atoms with Gasteiger partial charge in [-0.05, 0) is 13.3 Å². The van der Waals surface area contributed by atoms with E-state index in [1.807, 2.05) is 0 Å². The van der Waals surface area contributed by atoms with Crippen molar-refractivity contribution < 1.29 is 46.8 Å². The molecule has 1 aliphatic carbocycles. The molecular formula is C9H11MnO6. The van der Waals surface area contributed by atoms with Crippen LogP contribution in [0.4, 0.5) is 0 Å². The molecule has 0 amide bonds. The molecule has 1 aliphatic rings. The van der Waals surface area contributed by atoms with E-state index in [-0.39, 0.29) is 17.1 Å². The van der Waals surface area contributed by atoms with E-state index in [2.05, 4.69) is 25.2 Å². The summed E-state index contributed by atoms with van der Waals surface area (Å²) in [5.74, 6) is 0. The number of rotatable bonds is 0. The molecule has 7 heteroatoms. The van der Waals surface area contributed by atoms with Gasteiger partial charge in [0.15, 0.2) is 0 Å². The quantitative estimate of drug-likeness (QED) is 0.441. The maximum Gasteiger partial charge on any atom is 3.00 e. The van der Waals surface area contributed by atoms with Crippen LogP contribution >= 0.6 is 0 Å². The van der Waals surface area contributed by atoms with Crippen LogP contribution in [0.1, 0.15) is 13.3 Å². The first-order valence-electron chi connectivity index (χ1n) is 3.50. The molecule has 0 aromatic rings. The third-order valence-electron chi connectivity index (χ3n) is 0.957. The third-order valence-corrected chi connectivity index (χ3v) is 0.957. The average Bonchev–Trinajstić information content (AvgIpc) is 2.60. The summed E-state index contributed by atoms with van der Waals surface area (Å²) in [6.07, 6.45) is 7.56. The fourth-order valence-corrected chi connectivity index (χ4v) is 0.554. The summed E-state index contributed by atoms with van der Waals surface area (Å²) in [5.41, 5.74) is 1.47. The fraction of sp³-hybridized carbons (Fsp3) is 0.222. The van der Waals surface area contributed by atoms with Gasteiger partial charge >= 0.3 is 17.1 Å². The summed E-state index contributed by atoms with van der Waals surface area (Å²) < 4.78 is 0. The maximum absolute atomic E-state index is 8.24. The zero-order valence-corrected chi connectivity index (χ0v) is 9.56. The monoisotopic (exact) mass is 270 g/mol. The Labute approximate surface area is 104 Å². The first kappa shape index (κ1) is 23.9. The standard InChI is InChI=1S/C6H8.3CHO2.Mn/c1-6-4-2-3-5-6;3*2-1-3;/h2-4H,5H2,1H3;3*(H,2,3);/q;3*-1;+3. The van der Waals surface area contributed by atoms with Gasteiger partial charge in [0, 0.05) is 0 Å². The van der Waals surface area contributed by atoms with Crippen molar-refractivity contribution in [2.45, 2.75) is 13.3 Å². The zero-order valence-electron chi connectivity index (χ0n) is 8.38. The molecular weight excluding hydrogens is 259 g/mol. The largest absolute Gasteiger partial charge is 3.00 e. The van der Waals surface area contributed by atoms with Crippen molar-refractivity contribution in [3.05, 3.63) is 23.8 Å². The molecule has 0 aromatic carbocycles. The van der Waals surface area contributed by atoms with Crippen molar-refractivity contribution in [2.75, 3.05) is 0 Å². The van der Waals surface area contributed by atoms with Gasteiger partial charge in [-0.2, -0.15) is 0 Å². The van der Waals surface area contributed by atoms with Gasteiger partial charge in [-0.3, -0.25) is 0 Å². The molecule has 1 rings (SSSR count). The second-order valence-electron chi connectivity index (χ2n) is 1.92. The van der Waals surface area contributed by atoms with E-state index in [1.165, 1.54) is 12.0 Å². The second-order valence-corrected chi connectivity index (χ2v) is 1.92. The topological polar surface area (TPSA) is 112 Å². The average molecular weight is 270 g/mol. The Morgan fingerprint density at radius 3 is 1.44 bits per heavy atom. The molecule has 0 fully saturated rings. The normalized spacial score (nSPS) is 9.19.